The summed E-state index contributed by atoms with van der Waals surface area (Å²) in [6, 6.07) is 56.6. The van der Waals surface area contributed by atoms with E-state index in [2.05, 4.69) is 186 Å². The Balaban J connectivity index is 1.02. The lowest BCUT2D eigenvalue weighted by atomic mass is 9.87. The van der Waals surface area contributed by atoms with E-state index in [-0.39, 0.29) is 18.1 Å². The van der Waals surface area contributed by atoms with Gasteiger partial charge in [0.25, 0.3) is 0 Å². The minimum Gasteiger partial charge on any atom is -0.485 e. The summed E-state index contributed by atoms with van der Waals surface area (Å²) >= 11 is 1.83. The van der Waals surface area contributed by atoms with Crippen molar-refractivity contribution in [2.75, 3.05) is 5.32 Å². The largest absolute Gasteiger partial charge is 0.485 e. The van der Waals surface area contributed by atoms with E-state index in [1.165, 1.54) is 69.8 Å². The molecule has 1 N–H and O–H groups in total. The molecule has 2 aromatic heterocycles. The van der Waals surface area contributed by atoms with Crippen LogP contribution in [-0.2, 0) is 0 Å². The normalized spacial score (nSPS) is 18.4. The maximum absolute atomic E-state index is 6.74. The minimum atomic E-state index is -0.145. The first-order valence-corrected chi connectivity index (χ1v) is 19.7. The van der Waals surface area contributed by atoms with Crippen LogP contribution in [0, 0.1) is 0 Å². The van der Waals surface area contributed by atoms with E-state index in [4.69, 9.17) is 9.73 Å². The monoisotopic (exact) mass is 723 g/mol. The molecule has 0 bridgehead atoms. The van der Waals surface area contributed by atoms with Crippen LogP contribution >= 0.6 is 11.3 Å². The Labute approximate surface area is 322 Å². The molecule has 5 heteroatoms. The smallest absolute Gasteiger partial charge is 0.133 e. The molecule has 3 atom stereocenters. The van der Waals surface area contributed by atoms with Gasteiger partial charge in [-0.05, 0) is 58.5 Å². The number of para-hydroxylation sites is 1. The van der Waals surface area contributed by atoms with E-state index in [0.29, 0.717) is 0 Å². The van der Waals surface area contributed by atoms with Gasteiger partial charge in [0.15, 0.2) is 0 Å². The van der Waals surface area contributed by atoms with Gasteiger partial charge in [-0.3, -0.25) is 4.99 Å². The van der Waals surface area contributed by atoms with Gasteiger partial charge < -0.3 is 14.6 Å². The molecule has 7 aromatic carbocycles. The fraction of sp³-hybridized carbons (Fsp3) is 0.0600. The second-order valence-electron chi connectivity index (χ2n) is 14.6. The molecule has 4 nitrogen and oxygen atoms in total. The third-order valence-electron chi connectivity index (χ3n) is 11.6. The fourth-order valence-corrected chi connectivity index (χ4v) is 10.3. The molecule has 55 heavy (non-hydrogen) atoms. The van der Waals surface area contributed by atoms with Crippen molar-refractivity contribution in [2.24, 2.45) is 4.99 Å². The zero-order valence-electron chi connectivity index (χ0n) is 29.7. The van der Waals surface area contributed by atoms with Gasteiger partial charge >= 0.3 is 0 Å². The molecule has 0 saturated heterocycles. The average molecular weight is 724 g/mol. The van der Waals surface area contributed by atoms with Gasteiger partial charge in [-0.1, -0.05) is 140 Å². The van der Waals surface area contributed by atoms with Crippen molar-refractivity contribution in [3.05, 3.63) is 198 Å². The van der Waals surface area contributed by atoms with Crippen LogP contribution in [0.4, 0.5) is 5.69 Å². The molecule has 12 rings (SSSR count). The molecule has 0 fully saturated rings. The van der Waals surface area contributed by atoms with Crippen molar-refractivity contribution < 1.29 is 4.74 Å². The number of amidine groups is 1. The molecule has 0 radical (unpaired) electrons. The molecule has 0 spiro atoms. The average Bonchev–Trinajstić information content (AvgIpc) is 3.93. The molecule has 2 aliphatic heterocycles. The van der Waals surface area contributed by atoms with Gasteiger partial charge in [-0.15, -0.1) is 11.3 Å². The summed E-state index contributed by atoms with van der Waals surface area (Å²) in [5.74, 6) is 1.82. The Bertz CT molecular complexity index is 3130. The maximum atomic E-state index is 6.74. The summed E-state index contributed by atoms with van der Waals surface area (Å²) < 4.78 is 10.5. The number of fused-ring (bicyclic) bond motifs is 11. The number of benzene rings is 7. The number of anilines is 1. The molecule has 3 unspecified atom stereocenters. The Kier molecular flexibility index (Phi) is 6.65. The second-order valence-corrected chi connectivity index (χ2v) is 15.7. The number of rotatable bonds is 4. The van der Waals surface area contributed by atoms with Crippen LogP contribution in [0.1, 0.15) is 28.0 Å². The van der Waals surface area contributed by atoms with Crippen molar-refractivity contribution in [3.8, 4) is 22.6 Å². The maximum Gasteiger partial charge on any atom is 0.133 e. The quantitative estimate of drug-likeness (QED) is 0.196. The summed E-state index contributed by atoms with van der Waals surface area (Å²) in [5, 5.41) is 10.0. The highest BCUT2D eigenvalue weighted by Gasteiger charge is 2.38. The fourth-order valence-electron chi connectivity index (χ4n) is 9.09. The van der Waals surface area contributed by atoms with Crippen LogP contribution in [0.2, 0.25) is 0 Å². The van der Waals surface area contributed by atoms with E-state index in [1.54, 1.807) is 0 Å². The molecular formula is C50H33N3OS. The minimum absolute atomic E-state index is 0.00219. The van der Waals surface area contributed by atoms with Crippen LogP contribution in [0.3, 0.4) is 0 Å². The molecule has 4 heterocycles. The van der Waals surface area contributed by atoms with Gasteiger partial charge in [0.05, 0.1) is 27.3 Å². The molecule has 0 amide bonds. The molecule has 1 aliphatic carbocycles. The lowest BCUT2D eigenvalue weighted by molar-refractivity contribution is 0.268. The molecule has 0 saturated carbocycles. The number of aliphatic imine (C=N–C) groups is 1. The Morgan fingerprint density at radius 3 is 2.36 bits per heavy atom. The zero-order valence-corrected chi connectivity index (χ0v) is 30.5. The van der Waals surface area contributed by atoms with E-state index in [9.17, 15) is 0 Å². The number of nitrogens with zero attached hydrogens (tertiary/aromatic N) is 2. The van der Waals surface area contributed by atoms with Crippen LogP contribution in [0.25, 0.3) is 59.5 Å². The predicted molar refractivity (Wildman–Crippen MR) is 229 cm³/mol. The van der Waals surface area contributed by atoms with Crippen LogP contribution < -0.4 is 10.1 Å². The first kappa shape index (κ1) is 30.7. The van der Waals surface area contributed by atoms with E-state index in [1.807, 2.05) is 11.3 Å². The highest BCUT2D eigenvalue weighted by molar-refractivity contribution is 7.20. The first-order valence-electron chi connectivity index (χ1n) is 18.9. The Morgan fingerprint density at radius 1 is 0.655 bits per heavy atom. The predicted octanol–water partition coefficient (Wildman–Crippen LogP) is 12.8. The number of nitrogens with one attached hydrogen (secondary N) is 1. The third kappa shape index (κ3) is 4.66. The molecule has 260 valence electrons. The van der Waals surface area contributed by atoms with Gasteiger partial charge in [-0.25, -0.2) is 0 Å². The van der Waals surface area contributed by atoms with Gasteiger partial charge in [0.2, 0.25) is 0 Å². The summed E-state index contributed by atoms with van der Waals surface area (Å²) in [6.07, 6.45) is 6.70. The van der Waals surface area contributed by atoms with Gasteiger partial charge in [0, 0.05) is 43.3 Å². The summed E-state index contributed by atoms with van der Waals surface area (Å²) in [6.45, 7) is 0. The van der Waals surface area contributed by atoms with Crippen molar-refractivity contribution in [1.29, 1.82) is 0 Å². The topological polar surface area (TPSA) is 38.5 Å². The van der Waals surface area contributed by atoms with E-state index in [0.717, 1.165) is 28.5 Å². The summed E-state index contributed by atoms with van der Waals surface area (Å²) in [7, 11) is 0. The SMILES string of the molecule is C1=CC2Oc3cccc(-n4c5ccccc5c5ccc6ccccc6c54)c3C2C=C1C1=NC(c2cccc(-c3ccccc3)c2)c2sc3ccccc3c2N1. The van der Waals surface area contributed by atoms with Crippen molar-refractivity contribution >= 4 is 65.5 Å². The van der Waals surface area contributed by atoms with Crippen molar-refractivity contribution in [1.82, 2.24) is 4.57 Å². The van der Waals surface area contributed by atoms with Crippen molar-refractivity contribution in [3.63, 3.8) is 0 Å². The van der Waals surface area contributed by atoms with E-state index < -0.39 is 0 Å². The number of thiophene rings is 1. The standard InChI is InChI=1S/C50H33N3OS/c1-2-12-30(13-3-1)32-15-10-16-33(28-32)46-49-47(38-19-7-9-23-44(38)55-49)52-50(51-46)34-25-27-42-39(29-34)45-41(21-11-22-43(45)54-42)53-40-20-8-6-18-36(40)37-26-24-31-14-4-5-17-35(31)48(37)53/h1-29,39,42,46H,(H,51,52). The molecule has 3 aliphatic rings. The van der Waals surface area contributed by atoms with Gasteiger partial charge in [-0.2, -0.15) is 0 Å². The Morgan fingerprint density at radius 2 is 1.44 bits per heavy atom. The highest BCUT2D eigenvalue weighted by atomic mass is 32.1. The van der Waals surface area contributed by atoms with Crippen molar-refractivity contribution in [2.45, 2.75) is 18.1 Å². The van der Waals surface area contributed by atoms with E-state index >= 15 is 0 Å². The molecular weight excluding hydrogens is 691 g/mol. The lowest BCUT2D eigenvalue weighted by Gasteiger charge is -2.26. The Hall–Kier alpha value is -6.69. The third-order valence-corrected chi connectivity index (χ3v) is 12.8. The number of aromatic nitrogens is 1. The first-order chi connectivity index (χ1) is 27.3. The lowest BCUT2D eigenvalue weighted by Crippen LogP contribution is -2.25. The number of hydrogen-bond donors (Lipinski definition) is 1. The molecule has 9 aromatic rings. The van der Waals surface area contributed by atoms with Gasteiger partial charge in [0.1, 0.15) is 23.7 Å². The second kappa shape index (κ2) is 11.9. The zero-order chi connectivity index (χ0) is 36.0. The van der Waals surface area contributed by atoms with Crippen LogP contribution in [-0.4, -0.2) is 16.5 Å². The summed E-state index contributed by atoms with van der Waals surface area (Å²) in [4.78, 5) is 6.80. The highest BCUT2D eigenvalue weighted by Crippen LogP contribution is 2.50. The number of hydrogen-bond acceptors (Lipinski definition) is 4. The van der Waals surface area contributed by atoms with Crippen LogP contribution in [0.15, 0.2) is 187 Å². The summed E-state index contributed by atoms with van der Waals surface area (Å²) in [5.41, 5.74) is 10.6. The van der Waals surface area contributed by atoms with Crippen LogP contribution in [0.5, 0.6) is 5.75 Å². The number of ether oxygens (including phenoxy) is 1.